The lowest BCUT2D eigenvalue weighted by Crippen LogP contribution is -2.67. The Kier molecular flexibility index (Phi) is 6.63. The second kappa shape index (κ2) is 9.25. The van der Waals surface area contributed by atoms with E-state index in [1.54, 1.807) is 22.5 Å². The SMILES string of the molecule is C/C=C/c1ccc([C@H]2[C@H](CO)N3CCCCN(S(=O)(=O)c4cccc(C)c4)C[C@@H]23)cc1. The summed E-state index contributed by atoms with van der Waals surface area (Å²) < 4.78 is 28.5. The highest BCUT2D eigenvalue weighted by Gasteiger charge is 2.50. The van der Waals surface area contributed by atoms with Gasteiger partial charge in [0.1, 0.15) is 0 Å². The van der Waals surface area contributed by atoms with Crippen molar-refractivity contribution in [2.75, 3.05) is 26.2 Å². The fourth-order valence-corrected chi connectivity index (χ4v) is 6.68. The zero-order valence-electron chi connectivity index (χ0n) is 18.3. The van der Waals surface area contributed by atoms with E-state index >= 15 is 0 Å². The maximum Gasteiger partial charge on any atom is 0.243 e. The highest BCUT2D eigenvalue weighted by molar-refractivity contribution is 7.89. The molecule has 3 atom stereocenters. The summed E-state index contributed by atoms with van der Waals surface area (Å²) in [5, 5.41) is 10.1. The molecule has 2 aliphatic heterocycles. The summed E-state index contributed by atoms with van der Waals surface area (Å²) in [6, 6.07) is 15.7. The minimum atomic E-state index is -3.56. The van der Waals surface area contributed by atoms with E-state index < -0.39 is 10.0 Å². The van der Waals surface area contributed by atoms with E-state index in [9.17, 15) is 13.5 Å². The van der Waals surface area contributed by atoms with Gasteiger partial charge in [-0.1, -0.05) is 48.6 Å². The fourth-order valence-electron chi connectivity index (χ4n) is 5.07. The average Bonchev–Trinajstić information content (AvgIpc) is 2.74. The van der Waals surface area contributed by atoms with Crippen molar-refractivity contribution in [3.63, 3.8) is 0 Å². The Morgan fingerprint density at radius 3 is 2.52 bits per heavy atom. The largest absolute Gasteiger partial charge is 0.395 e. The van der Waals surface area contributed by atoms with Crippen molar-refractivity contribution < 1.29 is 13.5 Å². The third-order valence-corrected chi connectivity index (χ3v) is 8.50. The Hall–Kier alpha value is -1.99. The van der Waals surface area contributed by atoms with E-state index in [2.05, 4.69) is 35.2 Å². The van der Waals surface area contributed by atoms with Crippen LogP contribution in [0.15, 0.2) is 59.5 Å². The van der Waals surface area contributed by atoms with Gasteiger partial charge in [0.15, 0.2) is 0 Å². The highest BCUT2D eigenvalue weighted by atomic mass is 32.2. The molecule has 0 aliphatic carbocycles. The molecule has 2 aromatic rings. The minimum Gasteiger partial charge on any atom is -0.395 e. The summed E-state index contributed by atoms with van der Waals surface area (Å²) >= 11 is 0. The van der Waals surface area contributed by atoms with Crippen molar-refractivity contribution in [2.24, 2.45) is 0 Å². The van der Waals surface area contributed by atoms with Crippen LogP contribution in [0.2, 0.25) is 0 Å². The number of hydrogen-bond acceptors (Lipinski definition) is 4. The maximum atomic E-state index is 13.4. The summed E-state index contributed by atoms with van der Waals surface area (Å²) in [5.41, 5.74) is 3.25. The summed E-state index contributed by atoms with van der Waals surface area (Å²) in [5.74, 6) is 0.123. The Bertz CT molecular complexity index is 1030. The molecular weight excluding hydrogens is 408 g/mol. The van der Waals surface area contributed by atoms with Gasteiger partial charge in [-0.3, -0.25) is 4.90 Å². The zero-order valence-corrected chi connectivity index (χ0v) is 19.1. The van der Waals surface area contributed by atoms with Gasteiger partial charge in [-0.05, 0) is 62.1 Å². The topological polar surface area (TPSA) is 60.9 Å². The number of sulfonamides is 1. The average molecular weight is 441 g/mol. The van der Waals surface area contributed by atoms with Gasteiger partial charge in [0.05, 0.1) is 11.5 Å². The lowest BCUT2D eigenvalue weighted by atomic mass is 9.74. The van der Waals surface area contributed by atoms with Crippen LogP contribution < -0.4 is 0 Å². The second-order valence-corrected chi connectivity index (χ2v) is 10.6. The van der Waals surface area contributed by atoms with E-state index in [4.69, 9.17) is 0 Å². The van der Waals surface area contributed by atoms with Crippen molar-refractivity contribution >= 4 is 16.1 Å². The van der Waals surface area contributed by atoms with Gasteiger partial charge >= 0.3 is 0 Å². The molecule has 4 rings (SSSR count). The Morgan fingerprint density at radius 1 is 1.10 bits per heavy atom. The van der Waals surface area contributed by atoms with Crippen LogP contribution in [-0.4, -0.2) is 61.1 Å². The van der Waals surface area contributed by atoms with Gasteiger partial charge in [0, 0.05) is 31.1 Å². The second-order valence-electron chi connectivity index (χ2n) is 8.63. The molecule has 0 amide bonds. The highest BCUT2D eigenvalue weighted by Crippen LogP contribution is 2.42. The Balaban J connectivity index is 1.63. The number of aliphatic hydroxyl groups excluding tert-OH is 1. The standard InChI is InChI=1S/C25H32N2O3S/c1-3-7-20-10-12-21(13-11-20)25-23-17-26(14-4-5-15-27(23)24(25)18-28)31(29,30)22-9-6-8-19(2)16-22/h3,6-13,16,23-25,28H,4-5,14-15,17-18H2,1-2H3/b7-3+/t23-,24-,25+/m0/s1. The first kappa shape index (κ1) is 22.2. The number of fused-ring (bicyclic) bond motifs is 1. The maximum absolute atomic E-state index is 13.4. The van der Waals surface area contributed by atoms with Crippen LogP contribution in [0.1, 0.15) is 42.4 Å². The molecular formula is C25H32N2O3S. The van der Waals surface area contributed by atoms with Crippen molar-refractivity contribution in [1.29, 1.82) is 0 Å². The molecule has 0 bridgehead atoms. The van der Waals surface area contributed by atoms with E-state index in [1.165, 1.54) is 5.56 Å². The normalized spacial score (nSPS) is 25.6. The lowest BCUT2D eigenvalue weighted by molar-refractivity contribution is -0.0553. The smallest absolute Gasteiger partial charge is 0.243 e. The summed E-state index contributed by atoms with van der Waals surface area (Å²) in [6.07, 6.45) is 5.83. The number of allylic oxidation sites excluding steroid dienone is 1. The van der Waals surface area contributed by atoms with Crippen molar-refractivity contribution in [1.82, 2.24) is 9.21 Å². The predicted molar refractivity (Wildman–Crippen MR) is 124 cm³/mol. The first-order chi connectivity index (χ1) is 15.0. The van der Waals surface area contributed by atoms with Crippen LogP contribution in [0.5, 0.6) is 0 Å². The predicted octanol–water partition coefficient (Wildman–Crippen LogP) is 3.64. The van der Waals surface area contributed by atoms with Gasteiger partial charge in [0.2, 0.25) is 10.0 Å². The molecule has 2 saturated heterocycles. The van der Waals surface area contributed by atoms with E-state index in [1.807, 2.05) is 26.0 Å². The van der Waals surface area contributed by atoms with Crippen LogP contribution in [-0.2, 0) is 10.0 Å². The number of aryl methyl sites for hydroxylation is 1. The van der Waals surface area contributed by atoms with Gasteiger partial charge in [-0.25, -0.2) is 8.42 Å². The molecule has 2 aliphatic rings. The number of rotatable bonds is 5. The molecule has 0 aromatic heterocycles. The van der Waals surface area contributed by atoms with Gasteiger partial charge < -0.3 is 5.11 Å². The minimum absolute atomic E-state index is 0.0409. The summed E-state index contributed by atoms with van der Waals surface area (Å²) in [6.45, 7) is 5.89. The molecule has 2 fully saturated rings. The molecule has 0 unspecified atom stereocenters. The molecule has 0 saturated carbocycles. The lowest BCUT2D eigenvalue weighted by Gasteiger charge is -2.57. The first-order valence-electron chi connectivity index (χ1n) is 11.1. The quantitative estimate of drug-likeness (QED) is 0.771. The molecule has 31 heavy (non-hydrogen) atoms. The van der Waals surface area contributed by atoms with E-state index in [0.29, 0.717) is 18.0 Å². The third kappa shape index (κ3) is 4.35. The van der Waals surface area contributed by atoms with E-state index in [-0.39, 0.29) is 24.6 Å². The Morgan fingerprint density at radius 2 is 1.84 bits per heavy atom. The zero-order chi connectivity index (χ0) is 22.0. The fraction of sp³-hybridized carbons (Fsp3) is 0.440. The number of aliphatic hydroxyl groups is 1. The van der Waals surface area contributed by atoms with Gasteiger partial charge in [-0.15, -0.1) is 0 Å². The Labute approximate surface area is 186 Å². The monoisotopic (exact) mass is 440 g/mol. The molecule has 0 spiro atoms. The number of benzene rings is 2. The van der Waals surface area contributed by atoms with Crippen LogP contribution in [0.3, 0.4) is 0 Å². The van der Waals surface area contributed by atoms with Crippen molar-refractivity contribution in [2.45, 2.75) is 49.6 Å². The van der Waals surface area contributed by atoms with Crippen LogP contribution >= 0.6 is 0 Å². The molecule has 5 nitrogen and oxygen atoms in total. The molecule has 0 radical (unpaired) electrons. The molecule has 2 aromatic carbocycles. The van der Waals surface area contributed by atoms with Gasteiger partial charge in [0.25, 0.3) is 0 Å². The molecule has 166 valence electrons. The third-order valence-electron chi connectivity index (χ3n) is 6.64. The van der Waals surface area contributed by atoms with Crippen molar-refractivity contribution in [3.8, 4) is 0 Å². The van der Waals surface area contributed by atoms with Crippen LogP contribution in [0.4, 0.5) is 0 Å². The van der Waals surface area contributed by atoms with Gasteiger partial charge in [-0.2, -0.15) is 4.31 Å². The number of hydrogen-bond donors (Lipinski definition) is 1. The van der Waals surface area contributed by atoms with E-state index in [0.717, 1.165) is 30.5 Å². The van der Waals surface area contributed by atoms with Crippen LogP contribution in [0, 0.1) is 6.92 Å². The molecule has 1 N–H and O–H groups in total. The number of nitrogens with zero attached hydrogens (tertiary/aromatic N) is 2. The van der Waals surface area contributed by atoms with Crippen LogP contribution in [0.25, 0.3) is 6.08 Å². The molecule has 6 heteroatoms. The molecule has 2 heterocycles. The first-order valence-corrected chi connectivity index (χ1v) is 12.6. The van der Waals surface area contributed by atoms with Crippen molar-refractivity contribution in [3.05, 3.63) is 71.3 Å². The summed E-state index contributed by atoms with van der Waals surface area (Å²) in [7, 11) is -3.56. The summed E-state index contributed by atoms with van der Waals surface area (Å²) in [4.78, 5) is 2.67.